The molecule has 0 aliphatic heterocycles. The fourth-order valence-corrected chi connectivity index (χ4v) is 1.74. The lowest BCUT2D eigenvalue weighted by Gasteiger charge is -2.16. The Kier molecular flexibility index (Phi) is 6.28. The molecular weight excluding hydrogens is 338 g/mol. The minimum Gasteiger partial charge on any atom is -0.438 e. The summed E-state index contributed by atoms with van der Waals surface area (Å²) >= 11 is 0. The number of anilines is 1. The van der Waals surface area contributed by atoms with E-state index in [-0.39, 0.29) is 24.9 Å². The van der Waals surface area contributed by atoms with Crippen molar-refractivity contribution in [1.29, 1.82) is 0 Å². The van der Waals surface area contributed by atoms with Crippen molar-refractivity contribution in [3.8, 4) is 0 Å². The molecule has 2 aromatic rings. The molecule has 12 heteroatoms. The molecule has 2 aromatic heterocycles. The summed E-state index contributed by atoms with van der Waals surface area (Å²) in [5.41, 5.74) is 6.55. The van der Waals surface area contributed by atoms with Crippen LogP contribution >= 0.6 is 0 Å². The number of nitrogens with two attached hydrogens (primary N) is 1. The normalized spacial score (nSPS) is 11.8. The van der Waals surface area contributed by atoms with Gasteiger partial charge in [-0.1, -0.05) is 0 Å². The number of ether oxygens (including phenoxy) is 5. The predicted octanol–water partition coefficient (Wildman–Crippen LogP) is 0.906. The van der Waals surface area contributed by atoms with Crippen LogP contribution in [0.5, 0.6) is 0 Å². The Balaban J connectivity index is 2.03. The van der Waals surface area contributed by atoms with Crippen molar-refractivity contribution in [2.45, 2.75) is 12.7 Å². The fraction of sp³-hybridized carbons (Fsp3) is 0.462. The standard InChI is InChI=1S/C13H17N5O7/c1-21-12(19)24-5-3-4-23-11(25-13(20)22-2)10-17-8(14)7-9(18-10)16-6-15-7/h6,11H,3-5H2,1-2H3,(H3,14,15,16,17,18). The molecule has 0 aliphatic rings. The number of hydrogen-bond acceptors (Lipinski definition) is 11. The van der Waals surface area contributed by atoms with Crippen molar-refractivity contribution >= 4 is 29.3 Å². The summed E-state index contributed by atoms with van der Waals surface area (Å²) in [7, 11) is 2.35. The molecule has 3 N–H and O–H groups in total. The highest BCUT2D eigenvalue weighted by Crippen LogP contribution is 2.21. The minimum absolute atomic E-state index is 0.00335. The van der Waals surface area contributed by atoms with Crippen LogP contribution < -0.4 is 5.73 Å². The van der Waals surface area contributed by atoms with E-state index in [1.54, 1.807) is 0 Å². The molecular formula is C13H17N5O7. The maximum atomic E-state index is 11.4. The van der Waals surface area contributed by atoms with Gasteiger partial charge in [0.25, 0.3) is 6.29 Å². The average molecular weight is 355 g/mol. The van der Waals surface area contributed by atoms with Gasteiger partial charge >= 0.3 is 12.3 Å². The van der Waals surface area contributed by atoms with Gasteiger partial charge in [0.15, 0.2) is 11.5 Å². The molecule has 136 valence electrons. The van der Waals surface area contributed by atoms with Gasteiger partial charge in [-0.05, 0) is 0 Å². The molecule has 0 saturated carbocycles. The molecule has 12 nitrogen and oxygen atoms in total. The maximum Gasteiger partial charge on any atom is 0.510 e. The van der Waals surface area contributed by atoms with E-state index in [0.29, 0.717) is 17.6 Å². The van der Waals surface area contributed by atoms with E-state index in [4.69, 9.17) is 19.9 Å². The van der Waals surface area contributed by atoms with Gasteiger partial charge in [0.2, 0.25) is 5.82 Å². The molecule has 1 unspecified atom stereocenters. The summed E-state index contributed by atoms with van der Waals surface area (Å²) in [5, 5.41) is 0. The van der Waals surface area contributed by atoms with Gasteiger partial charge < -0.3 is 34.4 Å². The smallest absolute Gasteiger partial charge is 0.438 e. The van der Waals surface area contributed by atoms with Crippen molar-refractivity contribution in [3.05, 3.63) is 12.2 Å². The summed E-state index contributed by atoms with van der Waals surface area (Å²) in [5.74, 6) is 0.116. The molecule has 0 radical (unpaired) electrons. The largest absolute Gasteiger partial charge is 0.510 e. The van der Waals surface area contributed by atoms with Gasteiger partial charge in [0.1, 0.15) is 5.52 Å². The third-order valence-electron chi connectivity index (χ3n) is 2.86. The highest BCUT2D eigenvalue weighted by molar-refractivity contribution is 5.80. The lowest BCUT2D eigenvalue weighted by molar-refractivity contribution is -0.129. The number of carbonyl (C=O) groups excluding carboxylic acids is 2. The van der Waals surface area contributed by atoms with E-state index in [0.717, 1.165) is 7.11 Å². The summed E-state index contributed by atoms with van der Waals surface area (Å²) in [6.07, 6.45) is -1.34. The van der Waals surface area contributed by atoms with Gasteiger partial charge in [0.05, 0.1) is 33.8 Å². The Bertz CT molecular complexity index is 735. The van der Waals surface area contributed by atoms with Crippen molar-refractivity contribution in [2.24, 2.45) is 0 Å². The lowest BCUT2D eigenvalue weighted by atomic mass is 10.4. The summed E-state index contributed by atoms with van der Waals surface area (Å²) in [6.45, 7) is 0.125. The Hall–Kier alpha value is -3.15. The Morgan fingerprint density at radius 1 is 1.20 bits per heavy atom. The van der Waals surface area contributed by atoms with Crippen molar-refractivity contribution in [2.75, 3.05) is 33.2 Å². The van der Waals surface area contributed by atoms with Crippen LogP contribution in [0.3, 0.4) is 0 Å². The number of nitrogens with zero attached hydrogens (tertiary/aromatic N) is 3. The van der Waals surface area contributed by atoms with Crippen molar-refractivity contribution in [3.63, 3.8) is 0 Å². The molecule has 0 aliphatic carbocycles. The van der Waals surface area contributed by atoms with Crippen LogP contribution in [0.25, 0.3) is 11.2 Å². The van der Waals surface area contributed by atoms with Crippen LogP contribution in [0.15, 0.2) is 6.33 Å². The van der Waals surface area contributed by atoms with Crippen LogP contribution in [-0.2, 0) is 23.7 Å². The average Bonchev–Trinajstić information content (AvgIpc) is 3.09. The molecule has 0 spiro atoms. The number of hydrogen-bond donors (Lipinski definition) is 2. The second-order valence-corrected chi connectivity index (χ2v) is 4.50. The van der Waals surface area contributed by atoms with Crippen molar-refractivity contribution < 1.29 is 33.3 Å². The number of imidazole rings is 1. The van der Waals surface area contributed by atoms with Gasteiger partial charge in [-0.15, -0.1) is 0 Å². The topological polar surface area (TPSA) is 161 Å². The predicted molar refractivity (Wildman–Crippen MR) is 81.3 cm³/mol. The summed E-state index contributed by atoms with van der Waals surface area (Å²) < 4.78 is 23.9. The van der Waals surface area contributed by atoms with Gasteiger partial charge in [-0.25, -0.2) is 24.5 Å². The maximum absolute atomic E-state index is 11.4. The second-order valence-electron chi connectivity index (χ2n) is 4.50. The number of carbonyl (C=O) groups is 2. The van der Waals surface area contributed by atoms with E-state index in [1.165, 1.54) is 13.4 Å². The Morgan fingerprint density at radius 3 is 2.68 bits per heavy atom. The van der Waals surface area contributed by atoms with Crippen LogP contribution in [0.4, 0.5) is 15.4 Å². The Labute approximate surface area is 141 Å². The van der Waals surface area contributed by atoms with E-state index in [1.807, 2.05) is 0 Å². The van der Waals surface area contributed by atoms with E-state index < -0.39 is 18.6 Å². The lowest BCUT2D eigenvalue weighted by Crippen LogP contribution is -2.19. The second kappa shape index (κ2) is 8.63. The van der Waals surface area contributed by atoms with Gasteiger partial charge in [-0.2, -0.15) is 0 Å². The zero-order chi connectivity index (χ0) is 18.2. The molecule has 0 bridgehead atoms. The van der Waals surface area contributed by atoms with Gasteiger partial charge in [-0.3, -0.25) is 0 Å². The summed E-state index contributed by atoms with van der Waals surface area (Å²) in [4.78, 5) is 37.2. The van der Waals surface area contributed by atoms with Crippen LogP contribution in [0.1, 0.15) is 18.5 Å². The van der Waals surface area contributed by atoms with E-state index in [9.17, 15) is 9.59 Å². The molecule has 0 fully saturated rings. The molecule has 2 rings (SSSR count). The number of fused-ring (bicyclic) bond motifs is 1. The molecule has 2 heterocycles. The molecule has 0 saturated heterocycles. The molecule has 25 heavy (non-hydrogen) atoms. The third kappa shape index (κ3) is 4.91. The number of H-pyrrole nitrogens is 1. The quantitative estimate of drug-likeness (QED) is 0.412. The number of rotatable bonds is 7. The first-order valence-corrected chi connectivity index (χ1v) is 7.08. The molecule has 0 aromatic carbocycles. The first kappa shape index (κ1) is 18.2. The highest BCUT2D eigenvalue weighted by atomic mass is 16.8. The zero-order valence-electron chi connectivity index (χ0n) is 13.6. The zero-order valence-corrected chi connectivity index (χ0v) is 13.6. The minimum atomic E-state index is -1.27. The van der Waals surface area contributed by atoms with E-state index in [2.05, 4.69) is 29.4 Å². The number of aromatic amines is 1. The number of nitrogens with one attached hydrogen (secondary N) is 1. The number of aromatic nitrogens is 4. The van der Waals surface area contributed by atoms with Gasteiger partial charge in [0, 0.05) is 6.42 Å². The van der Waals surface area contributed by atoms with Crippen LogP contribution in [0, 0.1) is 0 Å². The first-order chi connectivity index (χ1) is 12.0. The Morgan fingerprint density at radius 2 is 1.96 bits per heavy atom. The number of methoxy groups -OCH3 is 2. The number of nitrogen functional groups attached to an aromatic ring is 1. The molecule has 0 amide bonds. The fourth-order valence-electron chi connectivity index (χ4n) is 1.74. The first-order valence-electron chi connectivity index (χ1n) is 7.08. The van der Waals surface area contributed by atoms with E-state index >= 15 is 0 Å². The van der Waals surface area contributed by atoms with Crippen molar-refractivity contribution in [1.82, 2.24) is 19.9 Å². The van der Waals surface area contributed by atoms with Crippen LogP contribution in [0.2, 0.25) is 0 Å². The molecule has 1 atom stereocenters. The third-order valence-corrected chi connectivity index (χ3v) is 2.86. The highest BCUT2D eigenvalue weighted by Gasteiger charge is 2.23. The summed E-state index contributed by atoms with van der Waals surface area (Å²) in [6, 6.07) is 0. The monoisotopic (exact) mass is 355 g/mol. The SMILES string of the molecule is COC(=O)OCCCOC(OC(=O)OC)c1nc(N)c2[nH]cnc2n1. The van der Waals surface area contributed by atoms with Crippen LogP contribution in [-0.4, -0.2) is 59.7 Å².